The Morgan fingerprint density at radius 3 is 2.77 bits per heavy atom. The van der Waals surface area contributed by atoms with Gasteiger partial charge < -0.3 is 19.6 Å². The third-order valence-corrected chi connectivity index (χ3v) is 7.64. The number of fused-ring (bicyclic) bond motifs is 2. The van der Waals surface area contributed by atoms with Crippen molar-refractivity contribution >= 4 is 33.3 Å². The van der Waals surface area contributed by atoms with Gasteiger partial charge in [-0.1, -0.05) is 12.1 Å². The van der Waals surface area contributed by atoms with E-state index in [2.05, 4.69) is 15.3 Å². The van der Waals surface area contributed by atoms with Crippen molar-refractivity contribution in [3.05, 3.63) is 82.8 Å². The van der Waals surface area contributed by atoms with Crippen LogP contribution in [0.2, 0.25) is 0 Å². The summed E-state index contributed by atoms with van der Waals surface area (Å²) >= 11 is 1.67. The number of aromatic amines is 1. The fourth-order valence-corrected chi connectivity index (χ4v) is 5.82. The maximum absolute atomic E-state index is 13.2. The van der Waals surface area contributed by atoms with Crippen LogP contribution in [-0.2, 0) is 26.5 Å². The third-order valence-electron chi connectivity index (χ3n) is 6.43. The second-order valence-corrected chi connectivity index (χ2v) is 9.84. The summed E-state index contributed by atoms with van der Waals surface area (Å²) in [6, 6.07) is 15.2. The molecule has 0 radical (unpaired) electrons. The van der Waals surface area contributed by atoms with Crippen molar-refractivity contribution in [3.8, 4) is 17.1 Å². The normalized spacial score (nSPS) is 13.1. The molecule has 2 N–H and O–H groups in total. The number of para-hydroxylation sites is 2. The van der Waals surface area contributed by atoms with Gasteiger partial charge in [-0.05, 0) is 67.6 Å². The first-order valence-electron chi connectivity index (χ1n) is 11.8. The van der Waals surface area contributed by atoms with E-state index in [0.717, 1.165) is 52.5 Å². The van der Waals surface area contributed by atoms with Crippen molar-refractivity contribution in [2.75, 3.05) is 5.32 Å². The lowest BCUT2D eigenvalue weighted by molar-refractivity contribution is 0.102. The van der Waals surface area contributed by atoms with Crippen LogP contribution < -0.4 is 10.1 Å². The maximum Gasteiger partial charge on any atom is 0.256 e. The quantitative estimate of drug-likeness (QED) is 0.323. The summed E-state index contributed by atoms with van der Waals surface area (Å²) in [7, 11) is 1.93. The van der Waals surface area contributed by atoms with Gasteiger partial charge in [-0.25, -0.2) is 9.97 Å². The van der Waals surface area contributed by atoms with Crippen molar-refractivity contribution in [2.24, 2.45) is 7.05 Å². The predicted molar refractivity (Wildman–Crippen MR) is 138 cm³/mol. The van der Waals surface area contributed by atoms with Crippen molar-refractivity contribution < 1.29 is 9.53 Å². The number of aryl methyl sites for hydroxylation is 2. The number of amides is 1. The number of carbonyl (C=O) groups is 1. The molecule has 5 aromatic rings. The highest BCUT2D eigenvalue weighted by atomic mass is 32.1. The van der Waals surface area contributed by atoms with Crippen LogP contribution >= 0.6 is 11.3 Å². The molecule has 1 aliphatic rings. The van der Waals surface area contributed by atoms with Crippen LogP contribution in [0.25, 0.3) is 22.4 Å². The zero-order chi connectivity index (χ0) is 23.8. The first-order chi connectivity index (χ1) is 17.2. The van der Waals surface area contributed by atoms with E-state index in [1.807, 2.05) is 54.2 Å². The van der Waals surface area contributed by atoms with Crippen LogP contribution in [0, 0.1) is 0 Å². The minimum absolute atomic E-state index is 0.142. The molecule has 7 nitrogen and oxygen atoms in total. The molecule has 35 heavy (non-hydrogen) atoms. The number of benzene rings is 2. The smallest absolute Gasteiger partial charge is 0.256 e. The van der Waals surface area contributed by atoms with E-state index in [1.54, 1.807) is 29.7 Å². The molecule has 3 aromatic heterocycles. The van der Waals surface area contributed by atoms with Crippen LogP contribution in [-0.4, -0.2) is 25.4 Å². The number of nitrogens with one attached hydrogen (secondary N) is 2. The molecule has 2 aromatic carbocycles. The van der Waals surface area contributed by atoms with Crippen molar-refractivity contribution in [1.82, 2.24) is 19.5 Å². The van der Waals surface area contributed by atoms with Gasteiger partial charge in [0.15, 0.2) is 0 Å². The first-order valence-corrected chi connectivity index (χ1v) is 12.6. The fraction of sp³-hybridized carbons (Fsp3) is 0.222. The number of hydrogen-bond acceptors (Lipinski definition) is 5. The molecule has 6 rings (SSSR count). The van der Waals surface area contributed by atoms with Gasteiger partial charge >= 0.3 is 0 Å². The average Bonchev–Trinajstić information content (AvgIpc) is 3.58. The second-order valence-electron chi connectivity index (χ2n) is 8.74. The predicted octanol–water partition coefficient (Wildman–Crippen LogP) is 5.74. The Labute approximate surface area is 206 Å². The average molecular weight is 484 g/mol. The SMILES string of the molecule is Cn1ccnc1COc1ccc(C(=O)Nc2sc3c(c2-c2nc4ccccc4[nH]2)CCCC3)cc1. The van der Waals surface area contributed by atoms with Crippen LogP contribution in [0.1, 0.15) is 39.5 Å². The molecular weight excluding hydrogens is 458 g/mol. The summed E-state index contributed by atoms with van der Waals surface area (Å²) in [6.45, 7) is 0.372. The fourth-order valence-electron chi connectivity index (χ4n) is 4.54. The topological polar surface area (TPSA) is 84.8 Å². The van der Waals surface area contributed by atoms with Gasteiger partial charge in [-0.15, -0.1) is 11.3 Å². The van der Waals surface area contributed by atoms with Gasteiger partial charge in [0.2, 0.25) is 0 Å². The minimum atomic E-state index is -0.142. The largest absolute Gasteiger partial charge is 0.486 e. The number of nitrogens with zero attached hydrogens (tertiary/aromatic N) is 3. The molecule has 0 unspecified atom stereocenters. The minimum Gasteiger partial charge on any atom is -0.486 e. The number of H-pyrrole nitrogens is 1. The summed E-state index contributed by atoms with van der Waals surface area (Å²) < 4.78 is 7.74. The monoisotopic (exact) mass is 483 g/mol. The summed E-state index contributed by atoms with van der Waals surface area (Å²) in [4.78, 5) is 27.1. The zero-order valence-corrected chi connectivity index (χ0v) is 20.2. The molecule has 1 aliphatic carbocycles. The molecule has 0 fully saturated rings. The molecule has 176 valence electrons. The number of hydrogen-bond donors (Lipinski definition) is 2. The Morgan fingerprint density at radius 1 is 1.14 bits per heavy atom. The molecule has 0 saturated heterocycles. The summed E-state index contributed by atoms with van der Waals surface area (Å²) in [5.41, 5.74) is 4.85. The Bertz CT molecular complexity index is 1480. The van der Waals surface area contributed by atoms with Crippen LogP contribution in [0.5, 0.6) is 5.75 Å². The number of carbonyl (C=O) groups excluding carboxylic acids is 1. The van der Waals surface area contributed by atoms with E-state index in [1.165, 1.54) is 16.9 Å². The first kappa shape index (κ1) is 21.6. The summed E-state index contributed by atoms with van der Waals surface area (Å²) in [5, 5.41) is 4.03. The number of rotatable bonds is 6. The van der Waals surface area contributed by atoms with Crippen LogP contribution in [0.15, 0.2) is 60.9 Å². The molecular formula is C27H25N5O2S. The third kappa shape index (κ3) is 4.21. The lowest BCUT2D eigenvalue weighted by Crippen LogP contribution is -2.12. The zero-order valence-electron chi connectivity index (χ0n) is 19.4. The van der Waals surface area contributed by atoms with Gasteiger partial charge in [0.1, 0.15) is 29.0 Å². The lowest BCUT2D eigenvalue weighted by atomic mass is 9.95. The molecule has 0 atom stereocenters. The van der Waals surface area contributed by atoms with Crippen LogP contribution in [0.3, 0.4) is 0 Å². The van der Waals surface area contributed by atoms with E-state index < -0.39 is 0 Å². The van der Waals surface area contributed by atoms with Crippen LogP contribution in [0.4, 0.5) is 5.00 Å². The summed E-state index contributed by atoms with van der Waals surface area (Å²) in [6.07, 6.45) is 8.02. The van der Waals surface area contributed by atoms with E-state index >= 15 is 0 Å². The number of ether oxygens (including phenoxy) is 1. The van der Waals surface area contributed by atoms with Gasteiger partial charge in [0, 0.05) is 29.9 Å². The molecule has 0 saturated carbocycles. The summed E-state index contributed by atoms with van der Waals surface area (Å²) in [5.74, 6) is 2.21. The Morgan fingerprint density at radius 2 is 1.97 bits per heavy atom. The lowest BCUT2D eigenvalue weighted by Gasteiger charge is -2.12. The van der Waals surface area contributed by atoms with E-state index in [4.69, 9.17) is 9.72 Å². The Hall–Kier alpha value is -3.91. The molecule has 1 amide bonds. The number of anilines is 1. The van der Waals surface area contributed by atoms with Gasteiger partial charge in [-0.3, -0.25) is 4.79 Å². The van der Waals surface area contributed by atoms with E-state index in [9.17, 15) is 4.79 Å². The number of thiophene rings is 1. The van der Waals surface area contributed by atoms with Gasteiger partial charge in [-0.2, -0.15) is 0 Å². The van der Waals surface area contributed by atoms with Crippen molar-refractivity contribution in [1.29, 1.82) is 0 Å². The molecule has 0 aliphatic heterocycles. The Kier molecular flexibility index (Phi) is 5.58. The van der Waals surface area contributed by atoms with Crippen molar-refractivity contribution in [2.45, 2.75) is 32.3 Å². The Balaban J connectivity index is 1.25. The van der Waals surface area contributed by atoms with Crippen molar-refractivity contribution in [3.63, 3.8) is 0 Å². The van der Waals surface area contributed by atoms with Gasteiger partial charge in [0.05, 0.1) is 16.6 Å². The highest BCUT2D eigenvalue weighted by Crippen LogP contribution is 2.43. The second kappa shape index (κ2) is 9.03. The number of aromatic nitrogens is 4. The standard InChI is InChI=1S/C27H25N5O2S/c1-32-15-14-28-23(32)16-34-18-12-10-17(11-13-18)26(33)31-27-24(19-6-2-5-9-22(19)35-27)25-29-20-7-3-4-8-21(20)30-25/h3-4,7-8,10-15H,2,5-6,9,16H2,1H3,(H,29,30)(H,31,33). The maximum atomic E-state index is 13.2. The molecule has 8 heteroatoms. The van der Waals surface area contributed by atoms with E-state index in [-0.39, 0.29) is 5.91 Å². The van der Waals surface area contributed by atoms with Gasteiger partial charge in [0.25, 0.3) is 5.91 Å². The number of imidazole rings is 2. The highest BCUT2D eigenvalue weighted by molar-refractivity contribution is 7.17. The molecule has 0 spiro atoms. The highest BCUT2D eigenvalue weighted by Gasteiger charge is 2.25. The van der Waals surface area contributed by atoms with E-state index in [0.29, 0.717) is 17.9 Å². The molecule has 3 heterocycles. The molecule has 0 bridgehead atoms.